The van der Waals surface area contributed by atoms with E-state index < -0.39 is 0 Å². The average molecular weight is 540 g/mol. The fraction of sp³-hybridized carbons (Fsp3) is 0.969. The number of rotatable bonds is 6. The number of hydrogen-bond donors (Lipinski definition) is 3. The molecule has 0 bridgehead atoms. The van der Waals surface area contributed by atoms with Gasteiger partial charge < -0.3 is 15.3 Å². The molecule has 4 saturated carbocycles. The minimum Gasteiger partial charge on any atom is -0.393 e. The first-order valence-electron chi connectivity index (χ1n) is 15.7. The summed E-state index contributed by atoms with van der Waals surface area (Å²) in [6.07, 6.45) is 10.5. The highest BCUT2D eigenvalue weighted by Crippen LogP contribution is 2.68. The van der Waals surface area contributed by atoms with Crippen molar-refractivity contribution < 1.29 is 25.0 Å². The molecule has 0 radical (unpaired) electrons. The highest BCUT2D eigenvalue weighted by molar-refractivity contribution is 5.74. The fourth-order valence-electron chi connectivity index (χ4n) is 9.07. The molecule has 3 N–H and O–H groups in total. The highest BCUT2D eigenvalue weighted by atomic mass is 16.7. The molecule has 0 spiro atoms. The molecule has 0 aromatic heterocycles. The highest BCUT2D eigenvalue weighted by Gasteiger charge is 2.62. The van der Waals surface area contributed by atoms with Gasteiger partial charge in [-0.3, -0.25) is 9.63 Å². The van der Waals surface area contributed by atoms with Crippen molar-refractivity contribution in [3.8, 4) is 0 Å². The van der Waals surface area contributed by atoms with E-state index in [1.807, 2.05) is 20.8 Å². The molecule has 0 saturated heterocycles. The zero-order valence-electron chi connectivity index (χ0n) is 26.1. The van der Waals surface area contributed by atoms with Gasteiger partial charge >= 0.3 is 0 Å². The van der Waals surface area contributed by atoms with Gasteiger partial charge in [0.05, 0.1) is 25.4 Å². The molecule has 4 aliphatic rings. The zero-order valence-corrected chi connectivity index (χ0v) is 26.1. The Morgan fingerprint density at radius 3 is 2.13 bits per heavy atom. The Morgan fingerprint density at radius 2 is 1.55 bits per heavy atom. The number of hydrogen-bond acceptors (Lipinski definition) is 5. The Bertz CT molecular complexity index is 731. The molecule has 6 nitrogen and oxygen atoms in total. The van der Waals surface area contributed by atoms with Crippen LogP contribution in [-0.2, 0) is 9.63 Å². The Morgan fingerprint density at radius 1 is 0.974 bits per heavy atom. The van der Waals surface area contributed by atoms with Crippen LogP contribution < -0.4 is 0 Å². The molecule has 11 atom stereocenters. The second kappa shape index (κ2) is 14.3. The van der Waals surface area contributed by atoms with Crippen molar-refractivity contribution in [1.29, 1.82) is 0 Å². The number of hydroxylamine groups is 2. The molecule has 0 aromatic carbocycles. The molecule has 0 aromatic rings. The monoisotopic (exact) mass is 539 g/mol. The van der Waals surface area contributed by atoms with Gasteiger partial charge in [-0.25, -0.2) is 5.06 Å². The van der Waals surface area contributed by atoms with Crippen molar-refractivity contribution in [3.63, 3.8) is 0 Å². The van der Waals surface area contributed by atoms with Crippen LogP contribution in [0.2, 0.25) is 0 Å². The topological polar surface area (TPSA) is 90.2 Å². The molecular formula is C32H61NO5. The summed E-state index contributed by atoms with van der Waals surface area (Å²) in [6.45, 7) is 15.0. The summed E-state index contributed by atoms with van der Waals surface area (Å²) in [5, 5.41) is 31.1. The van der Waals surface area contributed by atoms with Gasteiger partial charge in [0.1, 0.15) is 0 Å². The molecule has 224 valence electrons. The third kappa shape index (κ3) is 6.95. The minimum absolute atomic E-state index is 0.0617. The Hall–Kier alpha value is -0.690. The van der Waals surface area contributed by atoms with Crippen LogP contribution in [-0.4, -0.2) is 58.8 Å². The third-order valence-corrected chi connectivity index (χ3v) is 11.4. The van der Waals surface area contributed by atoms with E-state index >= 15 is 0 Å². The Labute approximate surface area is 233 Å². The van der Waals surface area contributed by atoms with Crippen LogP contribution in [0.1, 0.15) is 119 Å². The maximum atomic E-state index is 12.2. The lowest BCUT2D eigenvalue weighted by Crippen LogP contribution is -2.58. The summed E-state index contributed by atoms with van der Waals surface area (Å²) in [5.41, 5.74) is 0.512. The Balaban J connectivity index is 0.000000651. The van der Waals surface area contributed by atoms with E-state index in [1.165, 1.54) is 30.7 Å². The molecule has 0 aliphatic heterocycles. The molecule has 6 heteroatoms. The van der Waals surface area contributed by atoms with Gasteiger partial charge in [-0.2, -0.15) is 0 Å². The lowest BCUT2D eigenvalue weighted by Gasteiger charge is -2.62. The van der Waals surface area contributed by atoms with Gasteiger partial charge in [-0.05, 0) is 117 Å². The third-order valence-electron chi connectivity index (χ3n) is 11.4. The van der Waals surface area contributed by atoms with Crippen molar-refractivity contribution >= 4 is 5.91 Å². The quantitative estimate of drug-likeness (QED) is 0.349. The number of carbonyl (C=O) groups excluding carboxylic acids is 1. The molecule has 4 aliphatic carbocycles. The zero-order chi connectivity index (χ0) is 28.8. The second-order valence-corrected chi connectivity index (χ2v) is 13.3. The SMILES string of the molecule is CC.CC[C@H](C)O.CON(C)C(=O)CCC(C)C1CCC2C3C[C@H](O)C4C[C@H](O)CCC4(C)C3CCC12C. The van der Waals surface area contributed by atoms with Crippen molar-refractivity contribution in [2.45, 2.75) is 137 Å². The van der Waals surface area contributed by atoms with E-state index in [-0.39, 0.29) is 35.6 Å². The molecule has 4 fully saturated rings. The van der Waals surface area contributed by atoms with Gasteiger partial charge in [0.2, 0.25) is 5.91 Å². The van der Waals surface area contributed by atoms with Gasteiger partial charge in [-0.15, -0.1) is 0 Å². The van der Waals surface area contributed by atoms with E-state index in [0.717, 1.165) is 38.5 Å². The summed E-state index contributed by atoms with van der Waals surface area (Å²) in [5.74, 6) is 3.52. The fourth-order valence-corrected chi connectivity index (χ4v) is 9.07. The van der Waals surface area contributed by atoms with E-state index in [1.54, 1.807) is 21.1 Å². The Kier molecular flexibility index (Phi) is 12.6. The first-order chi connectivity index (χ1) is 17.9. The standard InChI is InChI=1S/C26H45NO4.C4H10O.C2H6/c1-16(6-9-24(30)27(4)31-5)19-7-8-20-18-15-23(29)22-14-17(28)10-12-26(22,3)21(18)11-13-25(19,20)2;1-3-4(2)5;1-2/h16-23,28-29H,6-15H2,1-5H3;4-5H,3H2,1-2H3;1-2H3/t16?,17-,18?,19?,20?,21?,22?,23+,25?,26?;4-;/m10./s1. The molecule has 0 heterocycles. The van der Waals surface area contributed by atoms with Gasteiger partial charge in [0.25, 0.3) is 0 Å². The maximum absolute atomic E-state index is 12.2. The summed E-state index contributed by atoms with van der Waals surface area (Å²) >= 11 is 0. The van der Waals surface area contributed by atoms with Crippen LogP contribution >= 0.6 is 0 Å². The van der Waals surface area contributed by atoms with Crippen molar-refractivity contribution in [1.82, 2.24) is 5.06 Å². The first-order valence-corrected chi connectivity index (χ1v) is 15.7. The predicted molar refractivity (Wildman–Crippen MR) is 154 cm³/mol. The maximum Gasteiger partial charge on any atom is 0.245 e. The van der Waals surface area contributed by atoms with Crippen molar-refractivity contribution in [3.05, 3.63) is 0 Å². The second-order valence-electron chi connectivity index (χ2n) is 13.3. The smallest absolute Gasteiger partial charge is 0.245 e. The predicted octanol–water partition coefficient (Wildman–Crippen LogP) is 6.22. The van der Waals surface area contributed by atoms with Gasteiger partial charge in [-0.1, -0.05) is 41.5 Å². The summed E-state index contributed by atoms with van der Waals surface area (Å²) in [7, 11) is 3.23. The largest absolute Gasteiger partial charge is 0.393 e. The van der Waals surface area contributed by atoms with Crippen LogP contribution in [0.25, 0.3) is 0 Å². The van der Waals surface area contributed by atoms with E-state index in [0.29, 0.717) is 41.4 Å². The van der Waals surface area contributed by atoms with Crippen molar-refractivity contribution in [2.75, 3.05) is 14.2 Å². The van der Waals surface area contributed by atoms with Crippen LogP contribution in [0.15, 0.2) is 0 Å². The van der Waals surface area contributed by atoms with E-state index in [4.69, 9.17) is 9.94 Å². The molecule has 8 unspecified atom stereocenters. The van der Waals surface area contributed by atoms with E-state index in [9.17, 15) is 15.0 Å². The number of amides is 1. The number of nitrogens with zero attached hydrogens (tertiary/aromatic N) is 1. The number of fused-ring (bicyclic) bond motifs is 5. The van der Waals surface area contributed by atoms with Crippen LogP contribution in [0, 0.1) is 46.3 Å². The molecule has 38 heavy (non-hydrogen) atoms. The van der Waals surface area contributed by atoms with Gasteiger partial charge in [0.15, 0.2) is 0 Å². The summed E-state index contributed by atoms with van der Waals surface area (Å²) in [4.78, 5) is 17.3. The van der Waals surface area contributed by atoms with Gasteiger partial charge in [0, 0.05) is 13.5 Å². The summed E-state index contributed by atoms with van der Waals surface area (Å²) < 4.78 is 0. The lowest BCUT2D eigenvalue weighted by molar-refractivity contribution is -0.173. The van der Waals surface area contributed by atoms with Crippen LogP contribution in [0.5, 0.6) is 0 Å². The normalized spacial score (nSPS) is 41.1. The summed E-state index contributed by atoms with van der Waals surface area (Å²) in [6, 6.07) is 0. The molecule has 4 rings (SSSR count). The van der Waals surface area contributed by atoms with Crippen LogP contribution in [0.3, 0.4) is 0 Å². The number of aliphatic hydroxyl groups is 3. The first kappa shape index (κ1) is 33.5. The number of carbonyl (C=O) groups is 1. The molecular weight excluding hydrogens is 478 g/mol. The minimum atomic E-state index is -0.262. The van der Waals surface area contributed by atoms with E-state index in [2.05, 4.69) is 20.8 Å². The molecule has 1 amide bonds. The average Bonchev–Trinajstić information content (AvgIpc) is 3.26. The van der Waals surface area contributed by atoms with Crippen LogP contribution in [0.4, 0.5) is 0 Å². The number of aliphatic hydroxyl groups excluding tert-OH is 3. The lowest BCUT2D eigenvalue weighted by atomic mass is 9.44. The van der Waals surface area contributed by atoms with Crippen molar-refractivity contribution in [2.24, 2.45) is 46.3 Å².